The zero-order valence-electron chi connectivity index (χ0n) is 9.98. The molecule has 0 fully saturated rings. The zero-order valence-corrected chi connectivity index (χ0v) is 10.8. The molecule has 14 heavy (non-hydrogen) atoms. The van der Waals surface area contributed by atoms with Crippen LogP contribution in [-0.2, 0) is 0 Å². The van der Waals surface area contributed by atoms with E-state index in [9.17, 15) is 0 Å². The van der Waals surface area contributed by atoms with Crippen molar-refractivity contribution in [2.75, 3.05) is 24.6 Å². The van der Waals surface area contributed by atoms with E-state index in [4.69, 9.17) is 0 Å². The molecule has 0 spiro atoms. The van der Waals surface area contributed by atoms with Crippen LogP contribution in [0.3, 0.4) is 0 Å². The highest BCUT2D eigenvalue weighted by atomic mass is 32.2. The van der Waals surface area contributed by atoms with E-state index in [0.717, 1.165) is 0 Å². The van der Waals surface area contributed by atoms with E-state index in [1.165, 1.54) is 63.1 Å². The predicted molar refractivity (Wildman–Crippen MR) is 69.2 cm³/mol. The summed E-state index contributed by atoms with van der Waals surface area (Å²) in [6, 6.07) is 0. The highest BCUT2D eigenvalue weighted by Gasteiger charge is 1.90. The van der Waals surface area contributed by atoms with Gasteiger partial charge in [-0.05, 0) is 25.1 Å². The minimum Gasteiger partial charge on any atom is -0.316 e. The van der Waals surface area contributed by atoms with E-state index in [1.807, 2.05) is 0 Å². The van der Waals surface area contributed by atoms with Crippen LogP contribution in [0.2, 0.25) is 0 Å². The van der Waals surface area contributed by atoms with Gasteiger partial charge in [-0.2, -0.15) is 11.8 Å². The molecule has 0 aromatic carbocycles. The predicted octanol–water partition coefficient (Wildman–Crippen LogP) is 3.69. The van der Waals surface area contributed by atoms with E-state index >= 15 is 0 Å². The molecule has 0 bridgehead atoms. The SMILES string of the molecule is CCCCCCNCCSCCCC. The van der Waals surface area contributed by atoms with Crippen LogP contribution in [0.25, 0.3) is 0 Å². The molecule has 0 aromatic heterocycles. The zero-order chi connectivity index (χ0) is 10.5. The van der Waals surface area contributed by atoms with Crippen LogP contribution in [0.5, 0.6) is 0 Å². The van der Waals surface area contributed by atoms with Gasteiger partial charge in [0.05, 0.1) is 0 Å². The average molecular weight is 217 g/mol. The Bertz CT molecular complexity index is 84.3. The Kier molecular flexibility index (Phi) is 13.6. The fourth-order valence-electron chi connectivity index (χ4n) is 1.29. The van der Waals surface area contributed by atoms with Crippen molar-refractivity contribution in [1.29, 1.82) is 0 Å². The summed E-state index contributed by atoms with van der Waals surface area (Å²) in [6.45, 7) is 6.93. The molecule has 0 unspecified atom stereocenters. The Morgan fingerprint density at radius 3 is 2.29 bits per heavy atom. The highest BCUT2D eigenvalue weighted by Crippen LogP contribution is 2.02. The monoisotopic (exact) mass is 217 g/mol. The van der Waals surface area contributed by atoms with Crippen molar-refractivity contribution in [3.05, 3.63) is 0 Å². The van der Waals surface area contributed by atoms with Gasteiger partial charge in [-0.3, -0.25) is 0 Å². The fourth-order valence-corrected chi connectivity index (χ4v) is 2.28. The first-order valence-electron chi connectivity index (χ1n) is 6.20. The fraction of sp³-hybridized carbons (Fsp3) is 1.00. The molecule has 0 aliphatic heterocycles. The Hall–Kier alpha value is 0.310. The number of rotatable bonds is 11. The Balaban J connectivity index is 2.78. The molecule has 0 saturated carbocycles. The lowest BCUT2D eigenvalue weighted by Crippen LogP contribution is -2.18. The van der Waals surface area contributed by atoms with Crippen LogP contribution in [0, 0.1) is 0 Å². The van der Waals surface area contributed by atoms with Gasteiger partial charge < -0.3 is 5.32 Å². The summed E-state index contributed by atoms with van der Waals surface area (Å²) in [7, 11) is 0. The van der Waals surface area contributed by atoms with Gasteiger partial charge in [0, 0.05) is 12.3 Å². The number of hydrogen-bond acceptors (Lipinski definition) is 2. The molecule has 0 saturated heterocycles. The number of thioether (sulfide) groups is 1. The lowest BCUT2D eigenvalue weighted by Gasteiger charge is -2.03. The summed E-state index contributed by atoms with van der Waals surface area (Å²) in [5.74, 6) is 2.63. The standard InChI is InChI=1S/C12H27NS/c1-3-5-7-8-9-13-10-12-14-11-6-4-2/h13H,3-12H2,1-2H3. The molecule has 0 radical (unpaired) electrons. The summed E-state index contributed by atoms with van der Waals surface area (Å²) in [4.78, 5) is 0. The van der Waals surface area contributed by atoms with Gasteiger partial charge in [0.15, 0.2) is 0 Å². The van der Waals surface area contributed by atoms with Gasteiger partial charge in [-0.25, -0.2) is 0 Å². The third kappa shape index (κ3) is 12.3. The molecule has 0 aliphatic carbocycles. The van der Waals surface area contributed by atoms with Crippen molar-refractivity contribution in [3.63, 3.8) is 0 Å². The van der Waals surface area contributed by atoms with Gasteiger partial charge in [-0.15, -0.1) is 0 Å². The van der Waals surface area contributed by atoms with Crippen molar-refractivity contribution in [2.45, 2.75) is 52.4 Å². The van der Waals surface area contributed by atoms with Gasteiger partial charge in [0.1, 0.15) is 0 Å². The van der Waals surface area contributed by atoms with Crippen LogP contribution in [0.15, 0.2) is 0 Å². The molecule has 0 amide bonds. The summed E-state index contributed by atoms with van der Waals surface area (Å²) in [5, 5.41) is 3.50. The Morgan fingerprint density at radius 1 is 0.786 bits per heavy atom. The van der Waals surface area contributed by atoms with Gasteiger partial charge >= 0.3 is 0 Å². The van der Waals surface area contributed by atoms with Crippen molar-refractivity contribution in [2.24, 2.45) is 0 Å². The highest BCUT2D eigenvalue weighted by molar-refractivity contribution is 7.99. The van der Waals surface area contributed by atoms with Crippen LogP contribution < -0.4 is 5.32 Å². The minimum absolute atomic E-state index is 1.19. The summed E-state index contributed by atoms with van der Waals surface area (Å²) in [6.07, 6.45) is 8.19. The second-order valence-electron chi connectivity index (χ2n) is 3.78. The number of nitrogens with one attached hydrogen (secondary N) is 1. The third-order valence-electron chi connectivity index (χ3n) is 2.27. The molecular formula is C12H27NS. The molecule has 0 aliphatic rings. The summed E-state index contributed by atoms with van der Waals surface area (Å²) >= 11 is 2.08. The summed E-state index contributed by atoms with van der Waals surface area (Å²) < 4.78 is 0. The smallest absolute Gasteiger partial charge is 0.00581 e. The van der Waals surface area contributed by atoms with E-state index in [2.05, 4.69) is 30.9 Å². The maximum Gasteiger partial charge on any atom is 0.00581 e. The van der Waals surface area contributed by atoms with E-state index < -0.39 is 0 Å². The largest absolute Gasteiger partial charge is 0.316 e. The second-order valence-corrected chi connectivity index (χ2v) is 5.00. The third-order valence-corrected chi connectivity index (χ3v) is 3.34. The van der Waals surface area contributed by atoms with Crippen LogP contribution in [-0.4, -0.2) is 24.6 Å². The van der Waals surface area contributed by atoms with Crippen molar-refractivity contribution >= 4 is 11.8 Å². The van der Waals surface area contributed by atoms with Crippen LogP contribution >= 0.6 is 11.8 Å². The van der Waals surface area contributed by atoms with Crippen molar-refractivity contribution < 1.29 is 0 Å². The average Bonchev–Trinajstić information content (AvgIpc) is 2.21. The maximum absolute atomic E-state index is 3.50. The first-order valence-corrected chi connectivity index (χ1v) is 7.35. The van der Waals surface area contributed by atoms with Crippen LogP contribution in [0.1, 0.15) is 52.4 Å². The molecule has 0 heterocycles. The van der Waals surface area contributed by atoms with E-state index in [1.54, 1.807) is 0 Å². The molecule has 2 heteroatoms. The van der Waals surface area contributed by atoms with Crippen molar-refractivity contribution in [1.82, 2.24) is 5.32 Å². The van der Waals surface area contributed by atoms with E-state index in [0.29, 0.717) is 0 Å². The lowest BCUT2D eigenvalue weighted by atomic mass is 10.2. The molecule has 1 nitrogen and oxygen atoms in total. The molecule has 0 aromatic rings. The lowest BCUT2D eigenvalue weighted by molar-refractivity contribution is 0.613. The Morgan fingerprint density at radius 2 is 1.57 bits per heavy atom. The summed E-state index contributed by atoms with van der Waals surface area (Å²) in [5.41, 5.74) is 0. The molecule has 0 rings (SSSR count). The van der Waals surface area contributed by atoms with Crippen molar-refractivity contribution in [3.8, 4) is 0 Å². The van der Waals surface area contributed by atoms with Gasteiger partial charge in [0.2, 0.25) is 0 Å². The molecule has 86 valence electrons. The first-order chi connectivity index (χ1) is 6.91. The molecule has 0 atom stereocenters. The quantitative estimate of drug-likeness (QED) is 0.530. The van der Waals surface area contributed by atoms with Gasteiger partial charge in [-0.1, -0.05) is 39.5 Å². The molecule has 1 N–H and O–H groups in total. The number of hydrogen-bond donors (Lipinski definition) is 1. The van der Waals surface area contributed by atoms with E-state index in [-0.39, 0.29) is 0 Å². The topological polar surface area (TPSA) is 12.0 Å². The maximum atomic E-state index is 3.50. The first kappa shape index (κ1) is 14.3. The number of unbranched alkanes of at least 4 members (excludes halogenated alkanes) is 4. The molecular weight excluding hydrogens is 190 g/mol. The normalized spacial score (nSPS) is 10.7. The second kappa shape index (κ2) is 13.3. The minimum atomic E-state index is 1.19. The Labute approximate surface area is 94.4 Å². The van der Waals surface area contributed by atoms with Gasteiger partial charge in [0.25, 0.3) is 0 Å². The van der Waals surface area contributed by atoms with Crippen LogP contribution in [0.4, 0.5) is 0 Å².